The van der Waals surface area contributed by atoms with Crippen molar-refractivity contribution in [3.05, 3.63) is 30.1 Å². The summed E-state index contributed by atoms with van der Waals surface area (Å²) in [6.45, 7) is 7.40. The predicted octanol–water partition coefficient (Wildman–Crippen LogP) is 3.43. The summed E-state index contributed by atoms with van der Waals surface area (Å²) in [6, 6.07) is 7.44. The molecule has 2 nitrogen and oxygen atoms in total. The van der Waals surface area contributed by atoms with Crippen LogP contribution >= 0.6 is 0 Å². The van der Waals surface area contributed by atoms with E-state index in [1.807, 2.05) is 6.07 Å². The summed E-state index contributed by atoms with van der Waals surface area (Å²) < 4.78 is 13.3. The van der Waals surface area contributed by atoms with Crippen LogP contribution in [-0.4, -0.2) is 25.7 Å². The van der Waals surface area contributed by atoms with Gasteiger partial charge in [-0.2, -0.15) is 0 Å². The van der Waals surface area contributed by atoms with Gasteiger partial charge in [0.25, 0.3) is 0 Å². The van der Waals surface area contributed by atoms with E-state index < -0.39 is 0 Å². The molecule has 106 valence electrons. The van der Waals surface area contributed by atoms with Gasteiger partial charge < -0.3 is 10.2 Å². The van der Waals surface area contributed by atoms with Crippen LogP contribution in [0, 0.1) is 11.7 Å². The summed E-state index contributed by atoms with van der Waals surface area (Å²) in [5, 5.41) is 3.60. The average molecular weight is 264 g/mol. The van der Waals surface area contributed by atoms with E-state index in [0.29, 0.717) is 6.04 Å². The Balaban J connectivity index is 1.99. The number of likely N-dealkylation sites (N-methyl/N-ethyl adjacent to an activating group) is 1. The molecule has 1 saturated heterocycles. The van der Waals surface area contributed by atoms with Crippen molar-refractivity contribution in [3.63, 3.8) is 0 Å². The van der Waals surface area contributed by atoms with Gasteiger partial charge in [0, 0.05) is 24.8 Å². The van der Waals surface area contributed by atoms with E-state index in [9.17, 15) is 4.39 Å². The van der Waals surface area contributed by atoms with Gasteiger partial charge in [0.1, 0.15) is 5.82 Å². The minimum absolute atomic E-state index is 0.154. The minimum Gasteiger partial charge on any atom is -0.370 e. The van der Waals surface area contributed by atoms with Crippen LogP contribution in [0.1, 0.15) is 33.1 Å². The largest absolute Gasteiger partial charge is 0.370 e. The fraction of sp³-hybridized carbons (Fsp3) is 0.625. The number of hydrogen-bond acceptors (Lipinski definition) is 2. The Bertz CT molecular complexity index is 394. The predicted molar refractivity (Wildman–Crippen MR) is 79.1 cm³/mol. The lowest BCUT2D eigenvalue weighted by Crippen LogP contribution is -2.46. The van der Waals surface area contributed by atoms with E-state index in [-0.39, 0.29) is 5.82 Å². The molecule has 2 unspecified atom stereocenters. The standard InChI is InChI=1S/C16H25FN2/c1-3-13-8-9-18-15(10-13)12-19(4-2)16-7-5-6-14(17)11-16/h5-7,11,13,15,18H,3-4,8-10,12H2,1-2H3. The van der Waals surface area contributed by atoms with Crippen molar-refractivity contribution in [2.24, 2.45) is 5.92 Å². The molecule has 2 atom stereocenters. The molecular formula is C16H25FN2. The van der Waals surface area contributed by atoms with E-state index in [0.717, 1.165) is 31.2 Å². The molecule has 1 N–H and O–H groups in total. The Hall–Kier alpha value is -1.09. The Kier molecular flexibility index (Phi) is 5.20. The first-order valence-corrected chi connectivity index (χ1v) is 7.46. The maximum absolute atomic E-state index is 13.3. The molecule has 0 aliphatic carbocycles. The summed E-state index contributed by atoms with van der Waals surface area (Å²) in [5.41, 5.74) is 0.989. The molecule has 0 spiro atoms. The number of hydrogen-bond donors (Lipinski definition) is 1. The smallest absolute Gasteiger partial charge is 0.125 e. The van der Waals surface area contributed by atoms with Crippen molar-refractivity contribution in [1.29, 1.82) is 0 Å². The molecule has 0 radical (unpaired) electrons. The zero-order valence-corrected chi connectivity index (χ0v) is 12.0. The molecule has 0 saturated carbocycles. The number of piperidine rings is 1. The molecule has 2 rings (SSSR count). The third-order valence-electron chi connectivity index (χ3n) is 4.18. The highest BCUT2D eigenvalue weighted by molar-refractivity contribution is 5.46. The molecule has 1 aromatic carbocycles. The van der Waals surface area contributed by atoms with Crippen molar-refractivity contribution in [2.45, 2.75) is 39.2 Å². The fourth-order valence-electron chi connectivity index (χ4n) is 2.96. The van der Waals surface area contributed by atoms with E-state index in [2.05, 4.69) is 24.1 Å². The number of halogens is 1. The van der Waals surface area contributed by atoms with Gasteiger partial charge in [-0.25, -0.2) is 4.39 Å². The second-order valence-electron chi connectivity index (χ2n) is 5.47. The Morgan fingerprint density at radius 1 is 1.37 bits per heavy atom. The van der Waals surface area contributed by atoms with E-state index in [1.54, 1.807) is 12.1 Å². The molecule has 0 aromatic heterocycles. The molecule has 3 heteroatoms. The quantitative estimate of drug-likeness (QED) is 0.876. The molecular weight excluding hydrogens is 239 g/mol. The number of nitrogens with one attached hydrogen (secondary N) is 1. The lowest BCUT2D eigenvalue weighted by atomic mass is 9.90. The van der Waals surface area contributed by atoms with Gasteiger partial charge in [-0.05, 0) is 50.4 Å². The third-order valence-corrected chi connectivity index (χ3v) is 4.18. The van der Waals surface area contributed by atoms with Crippen LogP contribution in [0.2, 0.25) is 0 Å². The van der Waals surface area contributed by atoms with E-state index in [4.69, 9.17) is 0 Å². The molecule has 1 fully saturated rings. The Morgan fingerprint density at radius 2 is 2.21 bits per heavy atom. The molecule has 1 heterocycles. The first-order valence-electron chi connectivity index (χ1n) is 7.46. The molecule has 1 aliphatic rings. The highest BCUT2D eigenvalue weighted by Gasteiger charge is 2.22. The molecule has 0 amide bonds. The van der Waals surface area contributed by atoms with Crippen LogP contribution in [0.3, 0.4) is 0 Å². The molecule has 1 aromatic rings. The normalized spacial score (nSPS) is 23.3. The van der Waals surface area contributed by atoms with Crippen LogP contribution in [0.4, 0.5) is 10.1 Å². The monoisotopic (exact) mass is 264 g/mol. The van der Waals surface area contributed by atoms with Gasteiger partial charge in [0.2, 0.25) is 0 Å². The summed E-state index contributed by atoms with van der Waals surface area (Å²) in [4.78, 5) is 2.26. The van der Waals surface area contributed by atoms with Gasteiger partial charge >= 0.3 is 0 Å². The van der Waals surface area contributed by atoms with Gasteiger partial charge in [0.05, 0.1) is 0 Å². The number of nitrogens with zero attached hydrogens (tertiary/aromatic N) is 1. The molecule has 0 bridgehead atoms. The average Bonchev–Trinajstić information content (AvgIpc) is 2.45. The lowest BCUT2D eigenvalue weighted by molar-refractivity contribution is 0.296. The highest BCUT2D eigenvalue weighted by atomic mass is 19.1. The van der Waals surface area contributed by atoms with Gasteiger partial charge in [-0.1, -0.05) is 19.4 Å². The second kappa shape index (κ2) is 6.90. The first kappa shape index (κ1) is 14.3. The van der Waals surface area contributed by atoms with Crippen LogP contribution in [-0.2, 0) is 0 Å². The summed E-state index contributed by atoms with van der Waals surface area (Å²) >= 11 is 0. The Labute approximate surface area is 116 Å². The summed E-state index contributed by atoms with van der Waals surface area (Å²) in [5.74, 6) is 0.691. The van der Waals surface area contributed by atoms with E-state index >= 15 is 0 Å². The third kappa shape index (κ3) is 3.93. The zero-order valence-electron chi connectivity index (χ0n) is 12.0. The number of benzene rings is 1. The van der Waals surface area contributed by atoms with E-state index in [1.165, 1.54) is 25.3 Å². The van der Waals surface area contributed by atoms with Crippen LogP contribution in [0.25, 0.3) is 0 Å². The summed E-state index contributed by atoms with van der Waals surface area (Å²) in [7, 11) is 0. The maximum Gasteiger partial charge on any atom is 0.125 e. The number of rotatable bonds is 5. The first-order chi connectivity index (χ1) is 9.22. The van der Waals surface area contributed by atoms with Crippen molar-refractivity contribution in [1.82, 2.24) is 5.32 Å². The van der Waals surface area contributed by atoms with Crippen molar-refractivity contribution in [3.8, 4) is 0 Å². The van der Waals surface area contributed by atoms with Gasteiger partial charge in [0.15, 0.2) is 0 Å². The van der Waals surface area contributed by atoms with Crippen LogP contribution in [0.15, 0.2) is 24.3 Å². The van der Waals surface area contributed by atoms with Crippen LogP contribution in [0.5, 0.6) is 0 Å². The Morgan fingerprint density at radius 3 is 2.89 bits per heavy atom. The second-order valence-corrected chi connectivity index (χ2v) is 5.47. The molecule has 1 aliphatic heterocycles. The number of anilines is 1. The fourth-order valence-corrected chi connectivity index (χ4v) is 2.96. The molecule has 19 heavy (non-hydrogen) atoms. The highest BCUT2D eigenvalue weighted by Crippen LogP contribution is 2.22. The minimum atomic E-state index is -0.154. The van der Waals surface area contributed by atoms with Gasteiger partial charge in [-0.15, -0.1) is 0 Å². The zero-order chi connectivity index (χ0) is 13.7. The lowest BCUT2D eigenvalue weighted by Gasteiger charge is -2.34. The van der Waals surface area contributed by atoms with Crippen molar-refractivity contribution in [2.75, 3.05) is 24.5 Å². The van der Waals surface area contributed by atoms with Crippen LogP contribution < -0.4 is 10.2 Å². The van der Waals surface area contributed by atoms with Crippen molar-refractivity contribution < 1.29 is 4.39 Å². The topological polar surface area (TPSA) is 15.3 Å². The van der Waals surface area contributed by atoms with Gasteiger partial charge in [-0.3, -0.25) is 0 Å². The van der Waals surface area contributed by atoms with Crippen molar-refractivity contribution >= 4 is 5.69 Å². The summed E-state index contributed by atoms with van der Waals surface area (Å²) in [6.07, 6.45) is 3.80. The maximum atomic E-state index is 13.3. The SMILES string of the molecule is CCC1CCNC(CN(CC)c2cccc(F)c2)C1.